The molecule has 0 unspecified atom stereocenters. The van der Waals surface area contributed by atoms with Gasteiger partial charge in [-0.2, -0.15) is 56.7 Å². The van der Waals surface area contributed by atoms with Crippen LogP contribution in [0.25, 0.3) is 0 Å². The molecule has 0 bridgehead atoms. The van der Waals surface area contributed by atoms with E-state index < -0.39 is 5.60 Å². The summed E-state index contributed by atoms with van der Waals surface area (Å²) in [7, 11) is 0. The maximum atomic E-state index is 11.4. The summed E-state index contributed by atoms with van der Waals surface area (Å²) in [5.74, 6) is 1.26. The Bertz CT molecular complexity index is 350. The van der Waals surface area contributed by atoms with E-state index in [1.807, 2.05) is 45.0 Å². The molecule has 0 fully saturated rings. The standard InChI is InChI=1S/C13H17O2.C4H9.Y/c1-13(2,3)15-12(14)10-9-11-7-5-4-6-8-11;1-4(2)3;/h4-7H,9-10H2,1-3H3;1-3H3;/q2*-1;. The summed E-state index contributed by atoms with van der Waals surface area (Å²) in [4.78, 5) is 11.4. The minimum atomic E-state index is -0.391. The molecule has 1 rings (SSSR count). The summed E-state index contributed by atoms with van der Waals surface area (Å²) in [6, 6.07) is 10.8. The average molecular weight is 351 g/mol. The van der Waals surface area contributed by atoms with Gasteiger partial charge in [-0.15, -0.1) is 0 Å². The van der Waals surface area contributed by atoms with Crippen molar-refractivity contribution in [2.75, 3.05) is 0 Å². The van der Waals surface area contributed by atoms with Gasteiger partial charge < -0.3 is 10.7 Å². The van der Waals surface area contributed by atoms with Crippen molar-refractivity contribution in [2.45, 2.75) is 60.0 Å². The summed E-state index contributed by atoms with van der Waals surface area (Å²) in [5.41, 5.74) is 0.653. The molecule has 0 saturated carbocycles. The average Bonchev–Trinajstić information content (AvgIpc) is 2.25. The first kappa shape index (κ1) is 22.1. The number of esters is 1. The molecule has 0 N–H and O–H groups in total. The third-order valence-electron chi connectivity index (χ3n) is 1.79. The van der Waals surface area contributed by atoms with Gasteiger partial charge in [-0.3, -0.25) is 4.79 Å². The van der Waals surface area contributed by atoms with Crippen molar-refractivity contribution < 1.29 is 42.2 Å². The first-order valence-corrected chi connectivity index (χ1v) is 6.65. The van der Waals surface area contributed by atoms with E-state index in [0.29, 0.717) is 12.8 Å². The summed E-state index contributed by atoms with van der Waals surface area (Å²) in [5, 5.41) is 0. The molecule has 0 aliphatic rings. The van der Waals surface area contributed by atoms with Gasteiger partial charge in [-0.25, -0.2) is 0 Å². The molecular formula is C17H26O2Y-2. The first-order valence-electron chi connectivity index (χ1n) is 6.65. The predicted molar refractivity (Wildman–Crippen MR) is 79.7 cm³/mol. The largest absolute Gasteiger partial charge is 0.460 e. The minimum absolute atomic E-state index is 0. The van der Waals surface area contributed by atoms with Gasteiger partial charge in [0.15, 0.2) is 0 Å². The zero-order valence-electron chi connectivity index (χ0n) is 13.6. The van der Waals surface area contributed by atoms with Crippen LogP contribution >= 0.6 is 0 Å². The Morgan fingerprint density at radius 3 is 2.20 bits per heavy atom. The molecule has 0 spiro atoms. The Balaban J connectivity index is 0. The van der Waals surface area contributed by atoms with Crippen LogP contribution < -0.4 is 0 Å². The zero-order valence-corrected chi connectivity index (χ0v) is 16.5. The van der Waals surface area contributed by atoms with Crippen LogP contribution in [0.4, 0.5) is 0 Å². The fourth-order valence-electron chi connectivity index (χ4n) is 1.22. The van der Waals surface area contributed by atoms with Gasteiger partial charge in [0.2, 0.25) is 0 Å². The predicted octanol–water partition coefficient (Wildman–Crippen LogP) is 4.38. The Hall–Kier alpha value is -0.206. The third kappa shape index (κ3) is 15.9. The van der Waals surface area contributed by atoms with Gasteiger partial charge in [-0.1, -0.05) is 0 Å². The molecular weight excluding hydrogens is 325 g/mol. The van der Waals surface area contributed by atoms with Crippen molar-refractivity contribution in [1.82, 2.24) is 0 Å². The van der Waals surface area contributed by atoms with E-state index in [9.17, 15) is 4.79 Å². The van der Waals surface area contributed by atoms with Crippen LogP contribution in [0.1, 0.15) is 53.5 Å². The first-order chi connectivity index (χ1) is 8.70. The van der Waals surface area contributed by atoms with E-state index in [-0.39, 0.29) is 38.7 Å². The van der Waals surface area contributed by atoms with E-state index in [1.54, 1.807) is 0 Å². The second-order valence-electron chi connectivity index (χ2n) is 5.97. The van der Waals surface area contributed by atoms with Gasteiger partial charge in [0.05, 0.1) is 0 Å². The number of carbonyl (C=O) groups excluding carboxylic acids is 1. The molecule has 111 valence electrons. The molecule has 2 nitrogen and oxygen atoms in total. The van der Waals surface area contributed by atoms with Crippen molar-refractivity contribution in [3.63, 3.8) is 0 Å². The second kappa shape index (κ2) is 11.5. The SMILES string of the molecule is CC(C)(C)OC(=O)CCc1[c-]cccc1.C[C-](C)C.[Y]. The van der Waals surface area contributed by atoms with Crippen LogP contribution in [0.15, 0.2) is 24.3 Å². The molecule has 3 heteroatoms. The van der Waals surface area contributed by atoms with Gasteiger partial charge in [0.1, 0.15) is 5.60 Å². The number of carbonyl (C=O) groups is 1. The number of benzene rings is 1. The summed E-state index contributed by atoms with van der Waals surface area (Å²) < 4.78 is 5.21. The third-order valence-corrected chi connectivity index (χ3v) is 1.79. The van der Waals surface area contributed by atoms with Crippen LogP contribution in [-0.2, 0) is 48.7 Å². The smallest absolute Gasteiger partial charge is 0.306 e. The van der Waals surface area contributed by atoms with Crippen LogP contribution in [0.5, 0.6) is 0 Å². The molecule has 1 aromatic rings. The minimum Gasteiger partial charge on any atom is -0.460 e. The van der Waals surface area contributed by atoms with Crippen molar-refractivity contribution >= 4 is 5.97 Å². The monoisotopic (exact) mass is 351 g/mol. The topological polar surface area (TPSA) is 26.3 Å². The molecule has 1 aromatic carbocycles. The normalized spacial score (nSPS) is 10.2. The summed E-state index contributed by atoms with van der Waals surface area (Å²) in [6.07, 6.45) is 1.10. The van der Waals surface area contributed by atoms with Crippen molar-refractivity contribution in [2.24, 2.45) is 0 Å². The second-order valence-corrected chi connectivity index (χ2v) is 5.97. The Morgan fingerprint density at radius 1 is 1.25 bits per heavy atom. The van der Waals surface area contributed by atoms with Crippen molar-refractivity contribution in [3.8, 4) is 0 Å². The molecule has 0 aromatic heterocycles. The van der Waals surface area contributed by atoms with Crippen LogP contribution in [-0.4, -0.2) is 11.6 Å². The summed E-state index contributed by atoms with van der Waals surface area (Å²) in [6.45, 7) is 11.9. The Kier molecular flexibility index (Phi) is 12.6. The van der Waals surface area contributed by atoms with E-state index >= 15 is 0 Å². The molecule has 0 heterocycles. The van der Waals surface area contributed by atoms with Gasteiger partial charge in [0.25, 0.3) is 0 Å². The number of rotatable bonds is 3. The van der Waals surface area contributed by atoms with Gasteiger partial charge in [-0.05, 0) is 27.2 Å². The number of ether oxygens (including phenoxy) is 1. The van der Waals surface area contributed by atoms with Crippen LogP contribution in [0.3, 0.4) is 0 Å². The number of hydrogen-bond donors (Lipinski definition) is 0. The number of aryl methyl sites for hydroxylation is 1. The summed E-state index contributed by atoms with van der Waals surface area (Å²) >= 11 is 0. The molecule has 1 radical (unpaired) electrons. The van der Waals surface area contributed by atoms with Crippen LogP contribution in [0, 0.1) is 12.0 Å². The molecule has 0 saturated heterocycles. The van der Waals surface area contributed by atoms with E-state index in [4.69, 9.17) is 4.74 Å². The molecule has 0 aliphatic carbocycles. The maximum Gasteiger partial charge on any atom is 0.306 e. The van der Waals surface area contributed by atoms with E-state index in [2.05, 4.69) is 26.8 Å². The zero-order chi connectivity index (χ0) is 14.9. The van der Waals surface area contributed by atoms with E-state index in [1.165, 1.54) is 5.92 Å². The van der Waals surface area contributed by atoms with Gasteiger partial charge in [0, 0.05) is 39.1 Å². The van der Waals surface area contributed by atoms with E-state index in [0.717, 1.165) is 5.56 Å². The molecule has 0 aliphatic heterocycles. The quantitative estimate of drug-likeness (QED) is 0.597. The number of hydrogen-bond acceptors (Lipinski definition) is 2. The molecule has 0 amide bonds. The Labute approximate surface area is 149 Å². The molecule has 0 atom stereocenters. The van der Waals surface area contributed by atoms with Crippen molar-refractivity contribution in [1.29, 1.82) is 0 Å². The fraction of sp³-hybridized carbons (Fsp3) is 0.529. The van der Waals surface area contributed by atoms with Gasteiger partial charge >= 0.3 is 5.97 Å². The Morgan fingerprint density at radius 2 is 1.80 bits per heavy atom. The molecule has 20 heavy (non-hydrogen) atoms. The maximum absolute atomic E-state index is 11.4. The van der Waals surface area contributed by atoms with Crippen LogP contribution in [0.2, 0.25) is 0 Å². The fourth-order valence-corrected chi connectivity index (χ4v) is 1.22. The van der Waals surface area contributed by atoms with Crippen molar-refractivity contribution in [3.05, 3.63) is 41.8 Å².